The van der Waals surface area contributed by atoms with Crippen molar-refractivity contribution < 1.29 is 13.7 Å². The monoisotopic (exact) mass is 310 g/mol. The van der Waals surface area contributed by atoms with Gasteiger partial charge in [-0.2, -0.15) is 0 Å². The highest BCUT2D eigenvalue weighted by Gasteiger charge is 2.15. The van der Waals surface area contributed by atoms with Crippen molar-refractivity contribution in [3.63, 3.8) is 0 Å². The standard InChI is InChI=1S/C12H16Cl2O3S/c1-3-16-12(17-4-2)8-18(15)9-5-6-10(13)11(14)7-9/h5-7,12H,3-4,8H2,1-2H3. The third-order valence-electron chi connectivity index (χ3n) is 2.15. The molecule has 1 atom stereocenters. The lowest BCUT2D eigenvalue weighted by atomic mass is 10.4. The molecule has 0 aliphatic rings. The molecule has 0 saturated carbocycles. The highest BCUT2D eigenvalue weighted by Crippen LogP contribution is 2.24. The van der Waals surface area contributed by atoms with Crippen LogP contribution < -0.4 is 0 Å². The molecule has 0 fully saturated rings. The predicted octanol–water partition coefficient (Wildman–Crippen LogP) is 3.50. The zero-order valence-corrected chi connectivity index (χ0v) is 12.6. The van der Waals surface area contributed by atoms with Crippen molar-refractivity contribution in [2.75, 3.05) is 19.0 Å². The van der Waals surface area contributed by atoms with Gasteiger partial charge in [0.15, 0.2) is 6.29 Å². The van der Waals surface area contributed by atoms with Crippen LogP contribution >= 0.6 is 23.2 Å². The van der Waals surface area contributed by atoms with Gasteiger partial charge in [-0.25, -0.2) is 0 Å². The molecule has 1 aromatic rings. The van der Waals surface area contributed by atoms with E-state index in [9.17, 15) is 4.21 Å². The van der Waals surface area contributed by atoms with E-state index in [0.717, 1.165) is 0 Å². The summed E-state index contributed by atoms with van der Waals surface area (Å²) in [5, 5.41) is 0.843. The minimum Gasteiger partial charge on any atom is -0.352 e. The Bertz CT molecular complexity index is 406. The first-order valence-electron chi connectivity index (χ1n) is 5.65. The van der Waals surface area contributed by atoms with Gasteiger partial charge in [0.1, 0.15) is 0 Å². The van der Waals surface area contributed by atoms with Crippen molar-refractivity contribution in [1.29, 1.82) is 0 Å². The Morgan fingerprint density at radius 2 is 1.78 bits per heavy atom. The highest BCUT2D eigenvalue weighted by molar-refractivity contribution is 7.85. The van der Waals surface area contributed by atoms with Crippen LogP contribution in [0.3, 0.4) is 0 Å². The van der Waals surface area contributed by atoms with Gasteiger partial charge in [0.05, 0.1) is 26.6 Å². The van der Waals surface area contributed by atoms with Gasteiger partial charge in [-0.05, 0) is 32.0 Å². The average Bonchev–Trinajstić information content (AvgIpc) is 2.33. The van der Waals surface area contributed by atoms with Crippen molar-refractivity contribution in [3.05, 3.63) is 28.2 Å². The molecule has 18 heavy (non-hydrogen) atoms. The first-order chi connectivity index (χ1) is 8.58. The Kier molecular flexibility index (Phi) is 7.19. The maximum Gasteiger partial charge on any atom is 0.169 e. The molecular formula is C12H16Cl2O3S. The fourth-order valence-electron chi connectivity index (χ4n) is 1.35. The Labute approximate surface area is 120 Å². The van der Waals surface area contributed by atoms with E-state index in [0.29, 0.717) is 28.2 Å². The first kappa shape index (κ1) is 15.9. The average molecular weight is 311 g/mol. The molecule has 0 aromatic heterocycles. The van der Waals surface area contributed by atoms with Crippen molar-refractivity contribution in [1.82, 2.24) is 0 Å². The minimum atomic E-state index is -1.23. The van der Waals surface area contributed by atoms with E-state index in [2.05, 4.69) is 0 Å². The molecule has 0 bridgehead atoms. The van der Waals surface area contributed by atoms with Crippen LogP contribution in [0.15, 0.2) is 23.1 Å². The summed E-state index contributed by atoms with van der Waals surface area (Å²) in [5.41, 5.74) is 0. The lowest BCUT2D eigenvalue weighted by molar-refractivity contribution is -0.120. The summed E-state index contributed by atoms with van der Waals surface area (Å²) in [4.78, 5) is 0.619. The molecule has 0 aliphatic heterocycles. The van der Waals surface area contributed by atoms with Crippen LogP contribution in [0.2, 0.25) is 10.0 Å². The molecule has 0 N–H and O–H groups in total. The third-order valence-corrected chi connectivity index (χ3v) is 4.24. The second-order valence-electron chi connectivity index (χ2n) is 3.43. The summed E-state index contributed by atoms with van der Waals surface area (Å²) in [6.07, 6.45) is -0.463. The summed E-state index contributed by atoms with van der Waals surface area (Å²) in [5.74, 6) is 0.277. The van der Waals surface area contributed by atoms with E-state index in [1.165, 1.54) is 0 Å². The molecule has 102 valence electrons. The number of hydrogen-bond acceptors (Lipinski definition) is 3. The van der Waals surface area contributed by atoms with E-state index in [4.69, 9.17) is 32.7 Å². The zero-order chi connectivity index (χ0) is 13.5. The van der Waals surface area contributed by atoms with E-state index in [1.807, 2.05) is 13.8 Å². The molecule has 1 aromatic carbocycles. The van der Waals surface area contributed by atoms with Crippen LogP contribution in [0.25, 0.3) is 0 Å². The van der Waals surface area contributed by atoms with Crippen molar-refractivity contribution in [2.45, 2.75) is 25.0 Å². The number of halogens is 2. The SMILES string of the molecule is CCOC(CS(=O)c1ccc(Cl)c(Cl)c1)OCC. The molecule has 0 amide bonds. The van der Waals surface area contributed by atoms with E-state index in [1.54, 1.807) is 18.2 Å². The molecule has 0 aliphatic carbocycles. The number of benzene rings is 1. The predicted molar refractivity (Wildman–Crippen MR) is 74.8 cm³/mol. The van der Waals surface area contributed by atoms with Crippen LogP contribution in [0.4, 0.5) is 0 Å². The van der Waals surface area contributed by atoms with Crippen molar-refractivity contribution in [2.24, 2.45) is 0 Å². The van der Waals surface area contributed by atoms with Gasteiger partial charge in [-0.3, -0.25) is 4.21 Å². The second kappa shape index (κ2) is 8.12. The Morgan fingerprint density at radius 3 is 2.28 bits per heavy atom. The van der Waals surface area contributed by atoms with Gasteiger partial charge < -0.3 is 9.47 Å². The first-order valence-corrected chi connectivity index (χ1v) is 7.72. The van der Waals surface area contributed by atoms with Crippen LogP contribution in [-0.2, 0) is 20.3 Å². The molecule has 0 saturated heterocycles. The van der Waals surface area contributed by atoms with Gasteiger partial charge in [-0.1, -0.05) is 23.2 Å². The minimum absolute atomic E-state index is 0.277. The Morgan fingerprint density at radius 1 is 1.17 bits per heavy atom. The topological polar surface area (TPSA) is 35.5 Å². The molecule has 0 heterocycles. The largest absolute Gasteiger partial charge is 0.352 e. The quantitative estimate of drug-likeness (QED) is 0.723. The maximum atomic E-state index is 12.1. The lowest BCUT2D eigenvalue weighted by Gasteiger charge is -2.16. The molecule has 1 unspecified atom stereocenters. The van der Waals surface area contributed by atoms with Gasteiger partial charge in [0.2, 0.25) is 0 Å². The van der Waals surface area contributed by atoms with E-state index < -0.39 is 17.1 Å². The Hall–Kier alpha value is -0.130. The summed E-state index contributed by atoms with van der Waals surface area (Å²) < 4.78 is 22.8. The summed E-state index contributed by atoms with van der Waals surface area (Å²) >= 11 is 11.7. The fourth-order valence-corrected chi connectivity index (χ4v) is 2.82. The fraction of sp³-hybridized carbons (Fsp3) is 0.500. The number of ether oxygens (including phenoxy) is 2. The second-order valence-corrected chi connectivity index (χ2v) is 5.74. The van der Waals surface area contributed by atoms with E-state index >= 15 is 0 Å². The third kappa shape index (κ3) is 4.86. The van der Waals surface area contributed by atoms with Crippen LogP contribution in [0.5, 0.6) is 0 Å². The van der Waals surface area contributed by atoms with E-state index in [-0.39, 0.29) is 5.75 Å². The van der Waals surface area contributed by atoms with Crippen molar-refractivity contribution in [3.8, 4) is 0 Å². The molecule has 3 nitrogen and oxygen atoms in total. The smallest absolute Gasteiger partial charge is 0.169 e. The van der Waals surface area contributed by atoms with Crippen LogP contribution in [-0.4, -0.2) is 29.5 Å². The van der Waals surface area contributed by atoms with Gasteiger partial charge in [0.25, 0.3) is 0 Å². The van der Waals surface area contributed by atoms with Crippen LogP contribution in [0, 0.1) is 0 Å². The summed E-state index contributed by atoms with van der Waals surface area (Å²) in [6, 6.07) is 4.93. The summed E-state index contributed by atoms with van der Waals surface area (Å²) in [7, 11) is -1.23. The van der Waals surface area contributed by atoms with Gasteiger partial charge in [0, 0.05) is 18.1 Å². The summed E-state index contributed by atoms with van der Waals surface area (Å²) in [6.45, 7) is 4.77. The molecular weight excluding hydrogens is 295 g/mol. The normalized spacial score (nSPS) is 12.9. The molecule has 1 rings (SSSR count). The van der Waals surface area contributed by atoms with Gasteiger partial charge in [-0.15, -0.1) is 0 Å². The van der Waals surface area contributed by atoms with Gasteiger partial charge >= 0.3 is 0 Å². The number of hydrogen-bond donors (Lipinski definition) is 0. The Balaban J connectivity index is 2.70. The molecule has 0 spiro atoms. The lowest BCUT2D eigenvalue weighted by Crippen LogP contribution is -2.24. The maximum absolute atomic E-state index is 12.1. The van der Waals surface area contributed by atoms with Crippen LogP contribution in [0.1, 0.15) is 13.8 Å². The number of rotatable bonds is 7. The molecule has 6 heteroatoms. The molecule has 0 radical (unpaired) electrons. The highest BCUT2D eigenvalue weighted by atomic mass is 35.5. The van der Waals surface area contributed by atoms with Crippen molar-refractivity contribution >= 4 is 34.0 Å². The zero-order valence-electron chi connectivity index (χ0n) is 10.3.